The van der Waals surface area contributed by atoms with Gasteiger partial charge in [-0.1, -0.05) is 27.2 Å². The molecule has 3 heteroatoms. The average Bonchev–Trinajstić information content (AvgIpc) is 2.84. The first-order valence-corrected chi connectivity index (χ1v) is 8.66. The van der Waals surface area contributed by atoms with Gasteiger partial charge in [0, 0.05) is 18.6 Å². The van der Waals surface area contributed by atoms with Crippen LogP contribution in [-0.4, -0.2) is 54.6 Å². The summed E-state index contributed by atoms with van der Waals surface area (Å²) in [5, 5.41) is 0. The topological polar surface area (TPSA) is 32.5 Å². The van der Waals surface area contributed by atoms with Crippen LogP contribution in [0.3, 0.4) is 0 Å². The van der Waals surface area contributed by atoms with Crippen molar-refractivity contribution in [3.63, 3.8) is 0 Å². The highest BCUT2D eigenvalue weighted by atomic mass is 15.3. The standard InChI is InChI=1S/C17H35N3/c1-17(2,3)13-15(18)7-11-19-12-8-16(14-19)20-9-5-4-6-10-20/h15-16H,4-14,18H2,1-3H3. The summed E-state index contributed by atoms with van der Waals surface area (Å²) >= 11 is 0. The first-order chi connectivity index (χ1) is 9.44. The molecule has 2 saturated heterocycles. The van der Waals surface area contributed by atoms with E-state index in [1.54, 1.807) is 0 Å². The summed E-state index contributed by atoms with van der Waals surface area (Å²) in [6, 6.07) is 1.19. The lowest BCUT2D eigenvalue weighted by Gasteiger charge is -2.32. The van der Waals surface area contributed by atoms with E-state index in [-0.39, 0.29) is 0 Å². The summed E-state index contributed by atoms with van der Waals surface area (Å²) in [6.45, 7) is 13.3. The molecule has 2 N–H and O–H groups in total. The van der Waals surface area contributed by atoms with Gasteiger partial charge in [-0.15, -0.1) is 0 Å². The molecule has 0 bridgehead atoms. The molecule has 0 saturated carbocycles. The first kappa shape index (κ1) is 16.3. The Balaban J connectivity index is 1.65. The van der Waals surface area contributed by atoms with Crippen LogP contribution >= 0.6 is 0 Å². The second-order valence-electron chi connectivity index (χ2n) is 8.15. The monoisotopic (exact) mass is 281 g/mol. The van der Waals surface area contributed by atoms with Gasteiger partial charge >= 0.3 is 0 Å². The third-order valence-corrected chi connectivity index (χ3v) is 4.85. The van der Waals surface area contributed by atoms with Crippen LogP contribution in [0.25, 0.3) is 0 Å². The molecule has 0 aromatic rings. The van der Waals surface area contributed by atoms with Crippen LogP contribution in [0, 0.1) is 5.41 Å². The fourth-order valence-electron chi connectivity index (χ4n) is 3.83. The number of rotatable bonds is 5. The maximum Gasteiger partial charge on any atom is 0.0235 e. The molecule has 2 heterocycles. The van der Waals surface area contributed by atoms with Crippen molar-refractivity contribution in [1.82, 2.24) is 9.80 Å². The maximum absolute atomic E-state index is 6.28. The van der Waals surface area contributed by atoms with E-state index in [4.69, 9.17) is 5.73 Å². The molecule has 0 aromatic heterocycles. The highest BCUT2D eigenvalue weighted by Gasteiger charge is 2.28. The predicted molar refractivity (Wildman–Crippen MR) is 86.9 cm³/mol. The average molecular weight is 281 g/mol. The van der Waals surface area contributed by atoms with E-state index in [9.17, 15) is 0 Å². The smallest absolute Gasteiger partial charge is 0.0235 e. The lowest BCUT2D eigenvalue weighted by atomic mass is 9.87. The van der Waals surface area contributed by atoms with Gasteiger partial charge in [-0.25, -0.2) is 0 Å². The third-order valence-electron chi connectivity index (χ3n) is 4.85. The Morgan fingerprint density at radius 3 is 2.45 bits per heavy atom. The van der Waals surface area contributed by atoms with Crippen LogP contribution < -0.4 is 5.73 Å². The van der Waals surface area contributed by atoms with Crippen molar-refractivity contribution in [2.24, 2.45) is 11.1 Å². The molecule has 2 rings (SSSR count). The summed E-state index contributed by atoms with van der Waals surface area (Å²) in [6.07, 6.45) is 7.92. The van der Waals surface area contributed by atoms with Crippen LogP contribution in [0.2, 0.25) is 0 Å². The first-order valence-electron chi connectivity index (χ1n) is 8.66. The van der Waals surface area contributed by atoms with E-state index in [0.29, 0.717) is 11.5 Å². The number of likely N-dealkylation sites (tertiary alicyclic amines) is 2. The van der Waals surface area contributed by atoms with Crippen LogP contribution in [-0.2, 0) is 0 Å². The molecule has 2 aliphatic heterocycles. The summed E-state index contributed by atoms with van der Waals surface area (Å²) in [7, 11) is 0. The number of nitrogens with zero attached hydrogens (tertiary/aromatic N) is 2. The molecule has 0 aromatic carbocycles. The van der Waals surface area contributed by atoms with Crippen molar-refractivity contribution < 1.29 is 0 Å². The minimum Gasteiger partial charge on any atom is -0.328 e. The van der Waals surface area contributed by atoms with Crippen molar-refractivity contribution >= 4 is 0 Å². The SMILES string of the molecule is CC(C)(C)CC(N)CCN1CCC(N2CCCCC2)C1. The fourth-order valence-corrected chi connectivity index (χ4v) is 3.83. The minimum atomic E-state index is 0.362. The molecule has 3 nitrogen and oxygen atoms in total. The Labute approximate surface area is 125 Å². The quantitative estimate of drug-likeness (QED) is 0.841. The second-order valence-corrected chi connectivity index (χ2v) is 8.15. The van der Waals surface area contributed by atoms with Crippen molar-refractivity contribution in [2.75, 3.05) is 32.7 Å². The molecule has 118 valence electrons. The van der Waals surface area contributed by atoms with E-state index in [1.165, 1.54) is 58.4 Å². The Morgan fingerprint density at radius 2 is 1.80 bits per heavy atom. The molecule has 2 aliphatic rings. The van der Waals surface area contributed by atoms with Crippen LogP contribution in [0.15, 0.2) is 0 Å². The van der Waals surface area contributed by atoms with Crippen LogP contribution in [0.1, 0.15) is 59.3 Å². The second kappa shape index (κ2) is 7.24. The summed E-state index contributed by atoms with van der Waals surface area (Å²) < 4.78 is 0. The lowest BCUT2D eigenvalue weighted by molar-refractivity contribution is 0.161. The molecule has 2 fully saturated rings. The van der Waals surface area contributed by atoms with Gasteiger partial charge in [0.25, 0.3) is 0 Å². The van der Waals surface area contributed by atoms with Crippen molar-refractivity contribution in [3.05, 3.63) is 0 Å². The van der Waals surface area contributed by atoms with E-state index in [2.05, 4.69) is 30.6 Å². The number of hydrogen-bond acceptors (Lipinski definition) is 3. The fraction of sp³-hybridized carbons (Fsp3) is 1.00. The highest BCUT2D eigenvalue weighted by Crippen LogP contribution is 2.23. The largest absolute Gasteiger partial charge is 0.328 e. The predicted octanol–water partition coefficient (Wildman–Crippen LogP) is 2.70. The van der Waals surface area contributed by atoms with Gasteiger partial charge in [0.1, 0.15) is 0 Å². The minimum absolute atomic E-state index is 0.362. The van der Waals surface area contributed by atoms with E-state index >= 15 is 0 Å². The van der Waals surface area contributed by atoms with Crippen molar-refractivity contribution in [3.8, 4) is 0 Å². The molecule has 2 unspecified atom stereocenters. The van der Waals surface area contributed by atoms with Crippen LogP contribution in [0.4, 0.5) is 0 Å². The molecule has 2 atom stereocenters. The number of piperidine rings is 1. The normalized spacial score (nSPS) is 27.9. The van der Waals surface area contributed by atoms with Gasteiger partial charge in [0.05, 0.1) is 0 Å². The Morgan fingerprint density at radius 1 is 1.10 bits per heavy atom. The molecule has 0 spiro atoms. The van der Waals surface area contributed by atoms with Gasteiger partial charge < -0.3 is 10.6 Å². The van der Waals surface area contributed by atoms with Crippen molar-refractivity contribution in [1.29, 1.82) is 0 Å². The van der Waals surface area contributed by atoms with Crippen molar-refractivity contribution in [2.45, 2.75) is 71.4 Å². The third kappa shape index (κ3) is 5.34. The van der Waals surface area contributed by atoms with E-state index in [1.807, 2.05) is 0 Å². The zero-order chi connectivity index (χ0) is 14.6. The molecule has 0 amide bonds. The molecular formula is C17H35N3. The van der Waals surface area contributed by atoms with Gasteiger partial charge in [-0.2, -0.15) is 0 Å². The number of nitrogens with two attached hydrogens (primary N) is 1. The molecule has 20 heavy (non-hydrogen) atoms. The van der Waals surface area contributed by atoms with Crippen LogP contribution in [0.5, 0.6) is 0 Å². The van der Waals surface area contributed by atoms with Gasteiger partial charge in [0.15, 0.2) is 0 Å². The number of hydrogen-bond donors (Lipinski definition) is 1. The van der Waals surface area contributed by atoms with E-state index < -0.39 is 0 Å². The highest BCUT2D eigenvalue weighted by molar-refractivity contribution is 4.85. The zero-order valence-electron chi connectivity index (χ0n) is 13.9. The Kier molecular flexibility index (Phi) is 5.88. The van der Waals surface area contributed by atoms with Gasteiger partial charge in [-0.05, 0) is 63.7 Å². The molecule has 0 aliphatic carbocycles. The lowest BCUT2D eigenvalue weighted by Crippen LogP contribution is -2.41. The summed E-state index contributed by atoms with van der Waals surface area (Å²) in [4.78, 5) is 5.38. The summed E-state index contributed by atoms with van der Waals surface area (Å²) in [5.41, 5.74) is 6.64. The Hall–Kier alpha value is -0.120. The Bertz CT molecular complexity index is 278. The zero-order valence-corrected chi connectivity index (χ0v) is 13.9. The van der Waals surface area contributed by atoms with Gasteiger partial charge in [0.2, 0.25) is 0 Å². The maximum atomic E-state index is 6.28. The molecular weight excluding hydrogens is 246 g/mol. The molecule has 0 radical (unpaired) electrons. The summed E-state index contributed by atoms with van der Waals surface area (Å²) in [5.74, 6) is 0. The van der Waals surface area contributed by atoms with Gasteiger partial charge in [-0.3, -0.25) is 4.90 Å². The van der Waals surface area contributed by atoms with E-state index in [0.717, 1.165) is 18.9 Å².